The average Bonchev–Trinajstić information content (AvgIpc) is 3.26. The van der Waals surface area contributed by atoms with E-state index in [1.54, 1.807) is 0 Å². The summed E-state index contributed by atoms with van der Waals surface area (Å²) in [5.74, 6) is 0.907. The zero-order valence-corrected chi connectivity index (χ0v) is 12.1. The highest BCUT2D eigenvalue weighted by Crippen LogP contribution is 2.28. The molecule has 1 saturated heterocycles. The van der Waals surface area contributed by atoms with Crippen LogP contribution in [0.5, 0.6) is 0 Å². The van der Waals surface area contributed by atoms with E-state index in [2.05, 4.69) is 29.1 Å². The average molecular weight is 251 g/mol. The third-order valence-electron chi connectivity index (χ3n) is 4.98. The van der Waals surface area contributed by atoms with Crippen molar-refractivity contribution in [3.05, 3.63) is 0 Å². The summed E-state index contributed by atoms with van der Waals surface area (Å²) in [5.41, 5.74) is 0. The zero-order valence-electron chi connectivity index (χ0n) is 12.1. The molecule has 2 unspecified atom stereocenters. The number of hydrogen-bond acceptors (Lipinski definition) is 3. The van der Waals surface area contributed by atoms with Gasteiger partial charge in [0.15, 0.2) is 0 Å². The van der Waals surface area contributed by atoms with Crippen molar-refractivity contribution in [3.8, 4) is 0 Å². The molecule has 0 bridgehead atoms. The molecule has 0 spiro atoms. The molecule has 3 rings (SSSR count). The molecule has 1 heterocycles. The Labute approximate surface area is 112 Å². The SMILES string of the molecule is CC(CN1CCC(CNC2CC2)C1)N(C)C1CC1. The molecular weight excluding hydrogens is 222 g/mol. The molecule has 0 amide bonds. The van der Waals surface area contributed by atoms with Gasteiger partial charge in [-0.25, -0.2) is 0 Å². The van der Waals surface area contributed by atoms with E-state index < -0.39 is 0 Å². The molecule has 104 valence electrons. The van der Waals surface area contributed by atoms with Crippen molar-refractivity contribution in [2.75, 3.05) is 33.2 Å². The van der Waals surface area contributed by atoms with Gasteiger partial charge >= 0.3 is 0 Å². The summed E-state index contributed by atoms with van der Waals surface area (Å²) in [6.45, 7) is 7.57. The van der Waals surface area contributed by atoms with Crippen molar-refractivity contribution in [3.63, 3.8) is 0 Å². The van der Waals surface area contributed by atoms with Gasteiger partial charge in [-0.15, -0.1) is 0 Å². The minimum absolute atomic E-state index is 0.729. The normalized spacial score (nSPS) is 31.2. The summed E-state index contributed by atoms with van der Waals surface area (Å²) in [6, 6.07) is 2.50. The second kappa shape index (κ2) is 5.48. The minimum atomic E-state index is 0.729. The van der Waals surface area contributed by atoms with Crippen LogP contribution in [0, 0.1) is 5.92 Å². The Kier molecular flexibility index (Phi) is 3.92. The standard InChI is InChI=1S/C15H29N3/c1-12(17(2)15-5-6-15)10-18-8-7-13(11-18)9-16-14-3-4-14/h12-16H,3-11H2,1-2H3. The highest BCUT2D eigenvalue weighted by molar-refractivity contribution is 4.88. The Morgan fingerprint density at radius 3 is 2.67 bits per heavy atom. The maximum atomic E-state index is 3.69. The molecule has 3 fully saturated rings. The summed E-state index contributed by atoms with van der Waals surface area (Å²) >= 11 is 0. The predicted octanol–water partition coefficient (Wildman–Crippen LogP) is 1.54. The maximum Gasteiger partial charge on any atom is 0.0194 e. The van der Waals surface area contributed by atoms with Crippen LogP contribution >= 0.6 is 0 Å². The van der Waals surface area contributed by atoms with Gasteiger partial charge in [0, 0.05) is 31.2 Å². The molecule has 3 heteroatoms. The molecule has 3 nitrogen and oxygen atoms in total. The fourth-order valence-electron chi connectivity index (χ4n) is 3.21. The van der Waals surface area contributed by atoms with Gasteiger partial charge in [0.2, 0.25) is 0 Å². The Balaban J connectivity index is 1.35. The van der Waals surface area contributed by atoms with E-state index in [0.29, 0.717) is 0 Å². The first-order chi connectivity index (χ1) is 8.72. The number of likely N-dealkylation sites (N-methyl/N-ethyl adjacent to an activating group) is 1. The number of likely N-dealkylation sites (tertiary alicyclic amines) is 1. The van der Waals surface area contributed by atoms with Crippen LogP contribution in [0.2, 0.25) is 0 Å². The molecule has 0 radical (unpaired) electrons. The maximum absolute atomic E-state index is 3.69. The quantitative estimate of drug-likeness (QED) is 0.740. The molecule has 0 aromatic carbocycles. The Morgan fingerprint density at radius 1 is 1.22 bits per heavy atom. The van der Waals surface area contributed by atoms with E-state index in [1.165, 1.54) is 58.3 Å². The number of nitrogens with zero attached hydrogens (tertiary/aromatic N) is 2. The molecule has 2 saturated carbocycles. The fourth-order valence-corrected chi connectivity index (χ4v) is 3.21. The van der Waals surface area contributed by atoms with Crippen LogP contribution in [0.25, 0.3) is 0 Å². The molecular formula is C15H29N3. The summed E-state index contributed by atoms with van der Waals surface area (Å²) in [6.07, 6.45) is 7.09. The van der Waals surface area contributed by atoms with Gasteiger partial charge in [-0.3, -0.25) is 4.90 Å². The second-order valence-corrected chi connectivity index (χ2v) is 6.84. The Bertz CT molecular complexity index is 273. The summed E-state index contributed by atoms with van der Waals surface area (Å²) in [5, 5.41) is 3.69. The Morgan fingerprint density at radius 2 is 2.00 bits per heavy atom. The van der Waals surface area contributed by atoms with Gasteiger partial charge in [-0.05, 0) is 65.1 Å². The van der Waals surface area contributed by atoms with Gasteiger partial charge in [-0.2, -0.15) is 0 Å². The lowest BCUT2D eigenvalue weighted by molar-refractivity contribution is 0.182. The lowest BCUT2D eigenvalue weighted by Gasteiger charge is -2.28. The summed E-state index contributed by atoms with van der Waals surface area (Å²) in [7, 11) is 2.31. The largest absolute Gasteiger partial charge is 0.314 e. The first kappa shape index (κ1) is 12.9. The first-order valence-corrected chi connectivity index (χ1v) is 7.90. The molecule has 1 aliphatic heterocycles. The molecule has 2 atom stereocenters. The van der Waals surface area contributed by atoms with Crippen LogP contribution in [0.3, 0.4) is 0 Å². The number of rotatable bonds is 7. The van der Waals surface area contributed by atoms with Crippen LogP contribution in [0.4, 0.5) is 0 Å². The molecule has 3 aliphatic rings. The van der Waals surface area contributed by atoms with Crippen molar-refractivity contribution >= 4 is 0 Å². The lowest BCUT2D eigenvalue weighted by Crippen LogP contribution is -2.40. The van der Waals surface area contributed by atoms with Crippen molar-refractivity contribution in [1.29, 1.82) is 0 Å². The predicted molar refractivity (Wildman–Crippen MR) is 75.8 cm³/mol. The fraction of sp³-hybridized carbons (Fsp3) is 1.00. The molecule has 0 aromatic rings. The van der Waals surface area contributed by atoms with E-state index in [4.69, 9.17) is 0 Å². The number of nitrogens with one attached hydrogen (secondary N) is 1. The van der Waals surface area contributed by atoms with E-state index in [9.17, 15) is 0 Å². The van der Waals surface area contributed by atoms with Crippen LogP contribution in [-0.4, -0.2) is 61.2 Å². The first-order valence-electron chi connectivity index (χ1n) is 7.90. The van der Waals surface area contributed by atoms with Gasteiger partial charge in [0.1, 0.15) is 0 Å². The van der Waals surface area contributed by atoms with Crippen LogP contribution in [0.1, 0.15) is 39.0 Å². The van der Waals surface area contributed by atoms with Crippen LogP contribution in [-0.2, 0) is 0 Å². The van der Waals surface area contributed by atoms with E-state index >= 15 is 0 Å². The number of hydrogen-bond donors (Lipinski definition) is 1. The molecule has 2 aliphatic carbocycles. The van der Waals surface area contributed by atoms with Gasteiger partial charge < -0.3 is 10.2 Å². The van der Waals surface area contributed by atoms with Crippen molar-refractivity contribution in [2.45, 2.75) is 57.2 Å². The molecule has 18 heavy (non-hydrogen) atoms. The van der Waals surface area contributed by atoms with Gasteiger partial charge in [0.25, 0.3) is 0 Å². The van der Waals surface area contributed by atoms with Crippen LogP contribution < -0.4 is 5.32 Å². The highest BCUT2D eigenvalue weighted by Gasteiger charge is 2.31. The zero-order chi connectivity index (χ0) is 12.5. The lowest BCUT2D eigenvalue weighted by atomic mass is 10.1. The highest BCUT2D eigenvalue weighted by atomic mass is 15.2. The third kappa shape index (κ3) is 3.46. The van der Waals surface area contributed by atoms with Crippen molar-refractivity contribution in [2.24, 2.45) is 5.92 Å². The van der Waals surface area contributed by atoms with Crippen molar-refractivity contribution in [1.82, 2.24) is 15.1 Å². The van der Waals surface area contributed by atoms with Crippen LogP contribution in [0.15, 0.2) is 0 Å². The van der Waals surface area contributed by atoms with E-state index in [1.807, 2.05) is 0 Å². The summed E-state index contributed by atoms with van der Waals surface area (Å²) < 4.78 is 0. The summed E-state index contributed by atoms with van der Waals surface area (Å²) in [4.78, 5) is 5.28. The monoisotopic (exact) mass is 251 g/mol. The Hall–Kier alpha value is -0.120. The topological polar surface area (TPSA) is 18.5 Å². The van der Waals surface area contributed by atoms with E-state index in [0.717, 1.165) is 24.0 Å². The minimum Gasteiger partial charge on any atom is -0.314 e. The third-order valence-corrected chi connectivity index (χ3v) is 4.98. The molecule has 1 N–H and O–H groups in total. The second-order valence-electron chi connectivity index (χ2n) is 6.84. The van der Waals surface area contributed by atoms with Gasteiger partial charge in [-0.1, -0.05) is 0 Å². The van der Waals surface area contributed by atoms with Crippen molar-refractivity contribution < 1.29 is 0 Å². The van der Waals surface area contributed by atoms with Gasteiger partial charge in [0.05, 0.1) is 0 Å². The smallest absolute Gasteiger partial charge is 0.0194 e. The molecule has 0 aromatic heterocycles. The van der Waals surface area contributed by atoms with E-state index in [-0.39, 0.29) is 0 Å².